The zero-order chi connectivity index (χ0) is 14.0. The zero-order valence-corrected chi connectivity index (χ0v) is 13.7. The molecule has 104 valence electrons. The molecule has 0 aliphatic carbocycles. The highest BCUT2D eigenvalue weighted by molar-refractivity contribution is 9.10. The molecule has 0 bridgehead atoms. The fraction of sp³-hybridized carbons (Fsp3) is 0.667. The van der Waals surface area contributed by atoms with Crippen LogP contribution in [0.5, 0.6) is 0 Å². The summed E-state index contributed by atoms with van der Waals surface area (Å²) in [5, 5.41) is 0. The molecule has 0 spiro atoms. The largest absolute Gasteiger partial charge is 0.461 e. The Hall–Kier alpha value is -0.360. The molecule has 0 heterocycles. The van der Waals surface area contributed by atoms with E-state index in [-0.39, 0.29) is 34.8 Å². The summed E-state index contributed by atoms with van der Waals surface area (Å²) in [5.74, 6) is -0.573. The Morgan fingerprint density at radius 1 is 0.944 bits per heavy atom. The second-order valence-electron chi connectivity index (χ2n) is 3.48. The van der Waals surface area contributed by atoms with Crippen molar-refractivity contribution in [2.75, 3.05) is 13.2 Å². The van der Waals surface area contributed by atoms with E-state index in [9.17, 15) is 9.59 Å². The molecule has 0 aromatic rings. The van der Waals surface area contributed by atoms with Gasteiger partial charge in [-0.25, -0.2) is 0 Å². The topological polar surface area (TPSA) is 52.6 Å². The lowest BCUT2D eigenvalue weighted by Gasteiger charge is -2.06. The van der Waals surface area contributed by atoms with Crippen LogP contribution in [0.15, 0.2) is 12.2 Å². The van der Waals surface area contributed by atoms with E-state index >= 15 is 0 Å². The van der Waals surface area contributed by atoms with E-state index in [4.69, 9.17) is 9.47 Å². The SMILES string of the molecule is CCC(Br)C(=O)OC/C=C\COC(=O)C(Br)CC. The molecule has 2 unspecified atom stereocenters. The molecule has 0 aromatic carbocycles. The van der Waals surface area contributed by atoms with Gasteiger partial charge in [0, 0.05) is 0 Å². The first-order valence-corrected chi connectivity index (χ1v) is 7.62. The third-order valence-corrected chi connectivity index (χ3v) is 4.08. The van der Waals surface area contributed by atoms with Crippen LogP contribution in [0.4, 0.5) is 0 Å². The molecule has 0 rings (SSSR count). The van der Waals surface area contributed by atoms with Crippen LogP contribution >= 0.6 is 31.9 Å². The van der Waals surface area contributed by atoms with Crippen molar-refractivity contribution < 1.29 is 19.1 Å². The first kappa shape index (κ1) is 17.6. The molecule has 0 aromatic heterocycles. The molecule has 0 N–H and O–H groups in total. The van der Waals surface area contributed by atoms with Crippen LogP contribution in [0.2, 0.25) is 0 Å². The van der Waals surface area contributed by atoms with Crippen molar-refractivity contribution >= 4 is 43.8 Å². The van der Waals surface area contributed by atoms with Gasteiger partial charge < -0.3 is 9.47 Å². The normalized spacial score (nSPS) is 14.2. The molecule has 4 nitrogen and oxygen atoms in total. The van der Waals surface area contributed by atoms with E-state index in [0.29, 0.717) is 12.8 Å². The van der Waals surface area contributed by atoms with Gasteiger partial charge in [0.15, 0.2) is 0 Å². The zero-order valence-electron chi connectivity index (χ0n) is 10.5. The minimum atomic E-state index is -0.286. The molecule has 18 heavy (non-hydrogen) atoms. The van der Waals surface area contributed by atoms with Gasteiger partial charge in [-0.3, -0.25) is 9.59 Å². The van der Waals surface area contributed by atoms with Crippen LogP contribution in [-0.2, 0) is 19.1 Å². The maximum Gasteiger partial charge on any atom is 0.320 e. The van der Waals surface area contributed by atoms with E-state index in [1.54, 1.807) is 12.2 Å². The van der Waals surface area contributed by atoms with Gasteiger partial charge >= 0.3 is 11.9 Å². The fourth-order valence-corrected chi connectivity index (χ4v) is 1.18. The molecular weight excluding hydrogens is 368 g/mol. The van der Waals surface area contributed by atoms with Crippen molar-refractivity contribution in [1.82, 2.24) is 0 Å². The summed E-state index contributed by atoms with van der Waals surface area (Å²) in [6.45, 7) is 4.15. The van der Waals surface area contributed by atoms with Crippen molar-refractivity contribution in [1.29, 1.82) is 0 Å². The predicted molar refractivity (Wildman–Crippen MR) is 77.1 cm³/mol. The minimum absolute atomic E-state index is 0.185. The van der Waals surface area contributed by atoms with Gasteiger partial charge in [-0.15, -0.1) is 0 Å². The summed E-state index contributed by atoms with van der Waals surface area (Å²) in [6.07, 6.45) is 4.67. The van der Waals surface area contributed by atoms with Crippen molar-refractivity contribution in [3.8, 4) is 0 Å². The van der Waals surface area contributed by atoms with Crippen LogP contribution in [0.1, 0.15) is 26.7 Å². The highest BCUT2D eigenvalue weighted by atomic mass is 79.9. The monoisotopic (exact) mass is 384 g/mol. The number of rotatable bonds is 8. The summed E-state index contributed by atoms with van der Waals surface area (Å²) < 4.78 is 9.90. The maximum absolute atomic E-state index is 11.2. The van der Waals surface area contributed by atoms with Crippen LogP contribution in [-0.4, -0.2) is 34.8 Å². The summed E-state index contributed by atoms with van der Waals surface area (Å²) >= 11 is 6.39. The number of hydrogen-bond donors (Lipinski definition) is 0. The average molecular weight is 386 g/mol. The summed E-state index contributed by atoms with van der Waals surface area (Å²) in [7, 11) is 0. The van der Waals surface area contributed by atoms with Gasteiger partial charge in [0.05, 0.1) is 0 Å². The Bertz CT molecular complexity index is 264. The summed E-state index contributed by atoms with van der Waals surface area (Å²) in [5.41, 5.74) is 0. The Morgan fingerprint density at radius 2 is 1.28 bits per heavy atom. The van der Waals surface area contributed by atoms with Gasteiger partial charge in [-0.1, -0.05) is 45.7 Å². The van der Waals surface area contributed by atoms with Gasteiger partial charge in [0.2, 0.25) is 0 Å². The quantitative estimate of drug-likeness (QED) is 0.366. The first-order valence-electron chi connectivity index (χ1n) is 5.79. The molecular formula is C12H18Br2O4. The van der Waals surface area contributed by atoms with E-state index in [1.807, 2.05) is 13.8 Å². The van der Waals surface area contributed by atoms with E-state index < -0.39 is 0 Å². The minimum Gasteiger partial charge on any atom is -0.461 e. The smallest absolute Gasteiger partial charge is 0.320 e. The molecule has 2 atom stereocenters. The van der Waals surface area contributed by atoms with Crippen molar-refractivity contribution in [3.63, 3.8) is 0 Å². The number of halogens is 2. The van der Waals surface area contributed by atoms with Gasteiger partial charge in [0.25, 0.3) is 0 Å². The Kier molecular flexibility index (Phi) is 10.3. The summed E-state index contributed by atoms with van der Waals surface area (Å²) in [6, 6.07) is 0. The van der Waals surface area contributed by atoms with Gasteiger partial charge in [-0.2, -0.15) is 0 Å². The van der Waals surface area contributed by atoms with Crippen LogP contribution in [0.3, 0.4) is 0 Å². The lowest BCUT2D eigenvalue weighted by Crippen LogP contribution is -2.17. The van der Waals surface area contributed by atoms with Crippen molar-refractivity contribution in [2.45, 2.75) is 36.3 Å². The first-order chi connectivity index (χ1) is 8.52. The molecule has 0 saturated heterocycles. The average Bonchev–Trinajstić information content (AvgIpc) is 2.39. The van der Waals surface area contributed by atoms with Crippen LogP contribution < -0.4 is 0 Å². The molecule has 0 amide bonds. The number of esters is 2. The molecule has 0 aliphatic rings. The standard InChI is InChI=1S/C12H18Br2O4/c1-3-9(13)11(15)17-7-5-6-8-18-12(16)10(14)4-2/h5-6,9-10H,3-4,7-8H2,1-2H3/b6-5-. The number of carbonyl (C=O) groups is 2. The second kappa shape index (κ2) is 10.6. The Morgan fingerprint density at radius 3 is 1.56 bits per heavy atom. The van der Waals surface area contributed by atoms with Crippen molar-refractivity contribution in [2.24, 2.45) is 0 Å². The predicted octanol–water partition coefficient (Wildman–Crippen LogP) is 2.98. The third kappa shape index (κ3) is 7.87. The number of carbonyl (C=O) groups excluding carboxylic acids is 2. The molecule has 0 saturated carbocycles. The third-order valence-electron chi connectivity index (χ3n) is 2.04. The molecule has 0 aliphatic heterocycles. The number of ether oxygens (including phenoxy) is 2. The number of alkyl halides is 2. The van der Waals surface area contributed by atoms with Gasteiger partial charge in [-0.05, 0) is 25.0 Å². The van der Waals surface area contributed by atoms with Crippen molar-refractivity contribution in [3.05, 3.63) is 12.2 Å². The fourth-order valence-electron chi connectivity index (χ4n) is 0.911. The maximum atomic E-state index is 11.2. The molecule has 0 radical (unpaired) electrons. The molecule has 6 heteroatoms. The van der Waals surface area contributed by atoms with E-state index in [0.717, 1.165) is 0 Å². The van der Waals surface area contributed by atoms with Crippen LogP contribution in [0.25, 0.3) is 0 Å². The highest BCUT2D eigenvalue weighted by Crippen LogP contribution is 2.07. The van der Waals surface area contributed by atoms with E-state index in [2.05, 4.69) is 31.9 Å². The number of hydrogen-bond acceptors (Lipinski definition) is 4. The molecule has 0 fully saturated rings. The summed E-state index contributed by atoms with van der Waals surface area (Å²) in [4.78, 5) is 22.0. The Balaban J connectivity index is 3.67. The highest BCUT2D eigenvalue weighted by Gasteiger charge is 2.13. The van der Waals surface area contributed by atoms with E-state index in [1.165, 1.54) is 0 Å². The second-order valence-corrected chi connectivity index (χ2v) is 5.69. The van der Waals surface area contributed by atoms with Gasteiger partial charge in [0.1, 0.15) is 22.9 Å². The Labute approximate surface area is 124 Å². The lowest BCUT2D eigenvalue weighted by molar-refractivity contribution is -0.142. The lowest BCUT2D eigenvalue weighted by atomic mass is 10.3. The van der Waals surface area contributed by atoms with Crippen LogP contribution in [0, 0.1) is 0 Å².